The molecule has 5 heteroatoms. The molecule has 1 atom stereocenters. The molecule has 1 fully saturated rings. The zero-order chi connectivity index (χ0) is 12.5. The number of hydrogen-bond acceptors (Lipinski definition) is 4. The first-order chi connectivity index (χ1) is 8.72. The van der Waals surface area contributed by atoms with Crippen molar-refractivity contribution in [2.75, 3.05) is 11.9 Å². The molecule has 0 unspecified atom stereocenters. The lowest BCUT2D eigenvalue weighted by molar-refractivity contribution is -0.117. The van der Waals surface area contributed by atoms with Crippen molar-refractivity contribution in [2.45, 2.75) is 25.8 Å². The number of carbonyl (C=O) groups excluding carboxylic acids is 1. The first-order valence-corrected chi connectivity index (χ1v) is 6.14. The molecule has 1 aromatic carbocycles. The Bertz CT molecular complexity index is 585. The molecule has 1 aliphatic rings. The van der Waals surface area contributed by atoms with E-state index in [1.165, 1.54) is 0 Å². The third kappa shape index (κ3) is 2.09. The molecule has 18 heavy (non-hydrogen) atoms. The van der Waals surface area contributed by atoms with Crippen molar-refractivity contribution in [1.29, 1.82) is 0 Å². The van der Waals surface area contributed by atoms with Crippen LogP contribution >= 0.6 is 0 Å². The zero-order valence-electron chi connectivity index (χ0n) is 10.2. The lowest BCUT2D eigenvalue weighted by Gasteiger charge is -2.10. The van der Waals surface area contributed by atoms with Crippen molar-refractivity contribution in [3.8, 4) is 0 Å². The molecule has 3 rings (SSSR count). The number of anilines is 1. The van der Waals surface area contributed by atoms with Gasteiger partial charge in [-0.2, -0.15) is 0 Å². The second-order valence-corrected chi connectivity index (χ2v) is 4.55. The highest BCUT2D eigenvalue weighted by molar-refractivity contribution is 5.96. The molecule has 1 aromatic heterocycles. The molecule has 2 heterocycles. The maximum absolute atomic E-state index is 11.9. The van der Waals surface area contributed by atoms with Gasteiger partial charge in [0.15, 0.2) is 11.5 Å². The minimum atomic E-state index is -0.0721. The average molecular weight is 245 g/mol. The summed E-state index contributed by atoms with van der Waals surface area (Å²) in [7, 11) is 0. The van der Waals surface area contributed by atoms with Crippen molar-refractivity contribution in [1.82, 2.24) is 10.3 Å². The summed E-state index contributed by atoms with van der Waals surface area (Å²) in [5.41, 5.74) is 2.26. The molecule has 2 N–H and O–H groups in total. The van der Waals surface area contributed by atoms with Gasteiger partial charge in [0.25, 0.3) is 0 Å². The van der Waals surface area contributed by atoms with E-state index < -0.39 is 0 Å². The number of fused-ring (bicyclic) bond motifs is 1. The number of nitrogens with one attached hydrogen (secondary N) is 2. The summed E-state index contributed by atoms with van der Waals surface area (Å²) >= 11 is 0. The van der Waals surface area contributed by atoms with Crippen LogP contribution in [0, 0.1) is 6.92 Å². The van der Waals surface area contributed by atoms with Gasteiger partial charge in [0.05, 0.1) is 6.04 Å². The van der Waals surface area contributed by atoms with Gasteiger partial charge in [-0.05, 0) is 31.5 Å². The number of aromatic nitrogens is 1. The molecule has 94 valence electrons. The molecule has 1 saturated heterocycles. The van der Waals surface area contributed by atoms with Gasteiger partial charge in [-0.15, -0.1) is 0 Å². The van der Waals surface area contributed by atoms with E-state index in [2.05, 4.69) is 15.6 Å². The highest BCUT2D eigenvalue weighted by atomic mass is 16.3. The third-order valence-electron chi connectivity index (χ3n) is 3.14. The van der Waals surface area contributed by atoms with Crippen LogP contribution in [0.5, 0.6) is 0 Å². The number of aryl methyl sites for hydroxylation is 1. The van der Waals surface area contributed by atoms with Gasteiger partial charge in [0.2, 0.25) is 5.91 Å². The van der Waals surface area contributed by atoms with Crippen LogP contribution in [-0.4, -0.2) is 23.5 Å². The summed E-state index contributed by atoms with van der Waals surface area (Å²) in [5, 5.41) is 6.07. The fourth-order valence-electron chi connectivity index (χ4n) is 2.26. The van der Waals surface area contributed by atoms with Crippen LogP contribution in [0.2, 0.25) is 0 Å². The summed E-state index contributed by atoms with van der Waals surface area (Å²) in [4.78, 5) is 16.2. The number of carbonyl (C=O) groups is 1. The van der Waals surface area contributed by atoms with Crippen LogP contribution in [0.25, 0.3) is 11.1 Å². The van der Waals surface area contributed by atoms with Crippen molar-refractivity contribution in [3.63, 3.8) is 0 Å². The van der Waals surface area contributed by atoms with Crippen molar-refractivity contribution < 1.29 is 9.21 Å². The first-order valence-electron chi connectivity index (χ1n) is 6.14. The lowest BCUT2D eigenvalue weighted by Crippen LogP contribution is -2.35. The molecule has 1 amide bonds. The maximum atomic E-state index is 11.9. The van der Waals surface area contributed by atoms with E-state index in [0.717, 1.165) is 30.6 Å². The molecule has 0 aliphatic carbocycles. The molecule has 0 radical (unpaired) electrons. The molecule has 0 bridgehead atoms. The Kier molecular flexibility index (Phi) is 2.76. The summed E-state index contributed by atoms with van der Waals surface area (Å²) < 4.78 is 5.44. The minimum absolute atomic E-state index is 0.0167. The number of hydrogen-bond donors (Lipinski definition) is 2. The standard InChI is InChI=1S/C13H15N3O2/c1-8-15-10-5-4-9(7-12(10)18-8)16-13(17)11-3-2-6-14-11/h4-5,7,11,14H,2-3,6H2,1H3,(H,16,17)/t11-/m0/s1. The van der Waals surface area contributed by atoms with Gasteiger partial charge in [-0.1, -0.05) is 0 Å². The Balaban J connectivity index is 1.79. The van der Waals surface area contributed by atoms with Crippen molar-refractivity contribution >= 4 is 22.7 Å². The lowest BCUT2D eigenvalue weighted by atomic mass is 10.2. The SMILES string of the molecule is Cc1nc2ccc(NC(=O)[C@@H]3CCCN3)cc2o1. The van der Waals surface area contributed by atoms with Gasteiger partial charge in [-0.3, -0.25) is 4.79 Å². The smallest absolute Gasteiger partial charge is 0.241 e. The van der Waals surface area contributed by atoms with E-state index in [9.17, 15) is 4.79 Å². The third-order valence-corrected chi connectivity index (χ3v) is 3.14. The van der Waals surface area contributed by atoms with Crippen molar-refractivity contribution in [2.24, 2.45) is 0 Å². The molecule has 2 aromatic rings. The summed E-state index contributed by atoms with van der Waals surface area (Å²) in [6, 6.07) is 5.43. The molecule has 0 saturated carbocycles. The Morgan fingerprint density at radius 1 is 1.56 bits per heavy atom. The Morgan fingerprint density at radius 3 is 3.22 bits per heavy atom. The molecule has 0 spiro atoms. The zero-order valence-corrected chi connectivity index (χ0v) is 10.2. The fourth-order valence-corrected chi connectivity index (χ4v) is 2.26. The number of nitrogens with zero attached hydrogens (tertiary/aromatic N) is 1. The summed E-state index contributed by atoms with van der Waals surface area (Å²) in [6.07, 6.45) is 1.95. The van der Waals surface area contributed by atoms with Gasteiger partial charge >= 0.3 is 0 Å². The van der Waals surface area contributed by atoms with Crippen LogP contribution < -0.4 is 10.6 Å². The van der Waals surface area contributed by atoms with E-state index in [1.54, 1.807) is 6.92 Å². The minimum Gasteiger partial charge on any atom is -0.441 e. The van der Waals surface area contributed by atoms with Crippen LogP contribution in [0.1, 0.15) is 18.7 Å². The normalized spacial score (nSPS) is 19.3. The number of amides is 1. The van der Waals surface area contributed by atoms with Gasteiger partial charge in [0, 0.05) is 18.7 Å². The molecule has 5 nitrogen and oxygen atoms in total. The van der Waals surface area contributed by atoms with Gasteiger partial charge in [0.1, 0.15) is 5.52 Å². The Labute approximate surface area is 105 Å². The number of rotatable bonds is 2. The number of benzene rings is 1. The predicted molar refractivity (Wildman–Crippen MR) is 68.4 cm³/mol. The largest absolute Gasteiger partial charge is 0.441 e. The molecular formula is C13H15N3O2. The second kappa shape index (κ2) is 4.42. The quantitative estimate of drug-likeness (QED) is 0.847. The van der Waals surface area contributed by atoms with Gasteiger partial charge in [-0.25, -0.2) is 4.98 Å². The van der Waals surface area contributed by atoms with E-state index >= 15 is 0 Å². The summed E-state index contributed by atoms with van der Waals surface area (Å²) in [6.45, 7) is 2.72. The highest BCUT2D eigenvalue weighted by Gasteiger charge is 2.21. The van der Waals surface area contributed by atoms with E-state index in [4.69, 9.17) is 4.42 Å². The Morgan fingerprint density at radius 2 is 2.44 bits per heavy atom. The predicted octanol–water partition coefficient (Wildman–Crippen LogP) is 1.83. The van der Waals surface area contributed by atoms with Crippen LogP contribution in [0.3, 0.4) is 0 Å². The average Bonchev–Trinajstić information content (AvgIpc) is 2.95. The molecule has 1 aliphatic heterocycles. The van der Waals surface area contributed by atoms with Crippen LogP contribution in [0.15, 0.2) is 22.6 Å². The Hall–Kier alpha value is -1.88. The van der Waals surface area contributed by atoms with E-state index in [0.29, 0.717) is 11.5 Å². The number of oxazole rings is 1. The summed E-state index contributed by atoms with van der Waals surface area (Å²) in [5.74, 6) is 0.647. The highest BCUT2D eigenvalue weighted by Crippen LogP contribution is 2.20. The monoisotopic (exact) mass is 245 g/mol. The fraction of sp³-hybridized carbons (Fsp3) is 0.385. The van der Waals surface area contributed by atoms with E-state index in [1.807, 2.05) is 18.2 Å². The molecular weight excluding hydrogens is 230 g/mol. The van der Waals surface area contributed by atoms with Crippen LogP contribution in [-0.2, 0) is 4.79 Å². The van der Waals surface area contributed by atoms with Gasteiger partial charge < -0.3 is 15.1 Å². The first kappa shape index (κ1) is 11.2. The second-order valence-electron chi connectivity index (χ2n) is 4.55. The van der Waals surface area contributed by atoms with Crippen LogP contribution in [0.4, 0.5) is 5.69 Å². The topological polar surface area (TPSA) is 67.2 Å². The maximum Gasteiger partial charge on any atom is 0.241 e. The van der Waals surface area contributed by atoms with E-state index in [-0.39, 0.29) is 11.9 Å². The van der Waals surface area contributed by atoms with Crippen molar-refractivity contribution in [3.05, 3.63) is 24.1 Å².